The summed E-state index contributed by atoms with van der Waals surface area (Å²) in [6.07, 6.45) is 0. The van der Waals surface area contributed by atoms with E-state index in [1.54, 1.807) is 29.2 Å². The molecule has 4 aromatic rings. The molecule has 3 aromatic carbocycles. The van der Waals surface area contributed by atoms with Gasteiger partial charge in [0.1, 0.15) is 5.58 Å². The molecule has 0 N–H and O–H groups in total. The van der Waals surface area contributed by atoms with Crippen molar-refractivity contribution in [1.82, 2.24) is 0 Å². The van der Waals surface area contributed by atoms with Gasteiger partial charge in [-0.3, -0.25) is 14.5 Å². The Kier molecular flexibility index (Phi) is 4.14. The van der Waals surface area contributed by atoms with Crippen LogP contribution in [0.5, 0.6) is 0 Å². The van der Waals surface area contributed by atoms with Gasteiger partial charge in [0.05, 0.1) is 17.0 Å². The molecule has 0 saturated heterocycles. The summed E-state index contributed by atoms with van der Waals surface area (Å²) in [5.74, 6) is -0.203. The first-order chi connectivity index (χ1) is 14.0. The van der Waals surface area contributed by atoms with E-state index in [1.165, 1.54) is 0 Å². The van der Waals surface area contributed by atoms with Gasteiger partial charge in [-0.15, -0.1) is 0 Å². The van der Waals surface area contributed by atoms with Crippen molar-refractivity contribution < 1.29 is 9.21 Å². The number of halogens is 1. The molecule has 0 spiro atoms. The molecule has 142 valence electrons. The molecule has 1 unspecified atom stereocenters. The van der Waals surface area contributed by atoms with Crippen molar-refractivity contribution in [3.63, 3.8) is 0 Å². The van der Waals surface area contributed by atoms with Gasteiger partial charge in [-0.2, -0.15) is 0 Å². The first-order valence-electron chi connectivity index (χ1n) is 9.26. The predicted octanol–water partition coefficient (Wildman–Crippen LogP) is 5.61. The van der Waals surface area contributed by atoms with Crippen molar-refractivity contribution >= 4 is 38.5 Å². The molecule has 1 aliphatic heterocycles. The molecule has 1 amide bonds. The smallest absolute Gasteiger partial charge is 0.295 e. The summed E-state index contributed by atoms with van der Waals surface area (Å²) in [7, 11) is 0. The van der Waals surface area contributed by atoms with Gasteiger partial charge in [0.25, 0.3) is 5.91 Å². The van der Waals surface area contributed by atoms with E-state index in [0.717, 1.165) is 15.6 Å². The van der Waals surface area contributed by atoms with Crippen LogP contribution in [-0.4, -0.2) is 5.91 Å². The Morgan fingerprint density at radius 1 is 0.931 bits per heavy atom. The highest BCUT2D eigenvalue weighted by Crippen LogP contribution is 2.41. The molecular formula is C24H16BrNO3. The Balaban J connectivity index is 1.82. The molecule has 0 radical (unpaired) electrons. The number of fused-ring (bicyclic) bond motifs is 2. The van der Waals surface area contributed by atoms with Gasteiger partial charge in [0.2, 0.25) is 5.76 Å². The van der Waals surface area contributed by atoms with Crippen molar-refractivity contribution in [2.45, 2.75) is 13.0 Å². The molecule has 0 fully saturated rings. The maximum atomic E-state index is 13.4. The average molecular weight is 446 g/mol. The number of aryl methyl sites for hydroxylation is 1. The first kappa shape index (κ1) is 17.9. The largest absolute Gasteiger partial charge is 0.450 e. The molecule has 5 rings (SSSR count). The van der Waals surface area contributed by atoms with Crippen molar-refractivity contribution in [1.29, 1.82) is 0 Å². The second-order valence-electron chi connectivity index (χ2n) is 7.14. The lowest BCUT2D eigenvalue weighted by molar-refractivity contribution is 0.0971. The van der Waals surface area contributed by atoms with Crippen LogP contribution < -0.4 is 10.3 Å². The molecule has 0 aliphatic carbocycles. The topological polar surface area (TPSA) is 50.5 Å². The van der Waals surface area contributed by atoms with Crippen LogP contribution in [0, 0.1) is 6.92 Å². The SMILES string of the molecule is Cc1ccc(C2c3c(oc4ccccc4c3=O)C(=O)N2c2cccc(Br)c2)cc1. The normalized spacial score (nSPS) is 15.7. The fourth-order valence-corrected chi connectivity index (χ4v) is 4.26. The Morgan fingerprint density at radius 3 is 2.45 bits per heavy atom. The number of rotatable bonds is 2. The van der Waals surface area contributed by atoms with Crippen LogP contribution in [-0.2, 0) is 0 Å². The molecular weight excluding hydrogens is 430 g/mol. The van der Waals surface area contributed by atoms with E-state index in [1.807, 2.05) is 55.5 Å². The minimum Gasteiger partial charge on any atom is -0.450 e. The van der Waals surface area contributed by atoms with Gasteiger partial charge < -0.3 is 4.42 Å². The maximum Gasteiger partial charge on any atom is 0.295 e. The average Bonchev–Trinajstić information content (AvgIpc) is 3.02. The monoisotopic (exact) mass is 445 g/mol. The second kappa shape index (κ2) is 6.71. The van der Waals surface area contributed by atoms with Gasteiger partial charge in [-0.05, 0) is 42.8 Å². The highest BCUT2D eigenvalue weighted by atomic mass is 79.9. The summed E-state index contributed by atoms with van der Waals surface area (Å²) in [5.41, 5.74) is 3.31. The van der Waals surface area contributed by atoms with E-state index in [-0.39, 0.29) is 17.1 Å². The minimum atomic E-state index is -0.548. The lowest BCUT2D eigenvalue weighted by Crippen LogP contribution is -2.29. The third kappa shape index (κ3) is 2.81. The maximum absolute atomic E-state index is 13.4. The molecule has 1 aliphatic rings. The van der Waals surface area contributed by atoms with Gasteiger partial charge in [0, 0.05) is 10.2 Å². The molecule has 0 bridgehead atoms. The zero-order chi connectivity index (χ0) is 20.1. The summed E-state index contributed by atoms with van der Waals surface area (Å²) in [4.78, 5) is 28.5. The molecule has 4 nitrogen and oxygen atoms in total. The summed E-state index contributed by atoms with van der Waals surface area (Å²) >= 11 is 3.48. The third-order valence-corrected chi connectivity index (χ3v) is 5.75. The highest BCUT2D eigenvalue weighted by Gasteiger charge is 2.43. The Hall–Kier alpha value is -3.18. The zero-order valence-corrected chi connectivity index (χ0v) is 17.1. The number of hydrogen-bond acceptors (Lipinski definition) is 3. The number of amides is 1. The summed E-state index contributed by atoms with van der Waals surface area (Å²) in [6, 6.07) is 21.9. The van der Waals surface area contributed by atoms with Gasteiger partial charge >= 0.3 is 0 Å². The van der Waals surface area contributed by atoms with E-state index in [9.17, 15) is 9.59 Å². The number of benzene rings is 3. The first-order valence-corrected chi connectivity index (χ1v) is 10.1. The van der Waals surface area contributed by atoms with Crippen LogP contribution in [0.15, 0.2) is 86.5 Å². The molecule has 29 heavy (non-hydrogen) atoms. The van der Waals surface area contributed by atoms with E-state index in [4.69, 9.17) is 4.42 Å². The van der Waals surface area contributed by atoms with Gasteiger partial charge in [-0.1, -0.05) is 64.0 Å². The molecule has 1 atom stereocenters. The van der Waals surface area contributed by atoms with Crippen LogP contribution in [0.2, 0.25) is 0 Å². The minimum absolute atomic E-state index is 0.110. The Labute approximate surface area is 175 Å². The highest BCUT2D eigenvalue weighted by molar-refractivity contribution is 9.10. The van der Waals surface area contributed by atoms with Crippen LogP contribution in [0.1, 0.15) is 33.3 Å². The van der Waals surface area contributed by atoms with E-state index in [0.29, 0.717) is 22.2 Å². The van der Waals surface area contributed by atoms with Crippen LogP contribution in [0.4, 0.5) is 5.69 Å². The van der Waals surface area contributed by atoms with Crippen molar-refractivity contribution in [2.24, 2.45) is 0 Å². The van der Waals surface area contributed by atoms with Gasteiger partial charge in [0.15, 0.2) is 5.43 Å². The fourth-order valence-electron chi connectivity index (χ4n) is 3.88. The summed E-state index contributed by atoms with van der Waals surface area (Å²) in [5, 5.41) is 0.479. The third-order valence-electron chi connectivity index (χ3n) is 5.26. The molecule has 2 heterocycles. The standard InChI is InChI=1S/C24H16BrNO3/c1-14-9-11-15(12-10-14)21-20-22(27)18-7-2-3-8-19(18)29-23(20)24(28)26(21)17-6-4-5-16(25)13-17/h2-13,21H,1H3. The summed E-state index contributed by atoms with van der Waals surface area (Å²) in [6.45, 7) is 2.01. The molecule has 0 saturated carbocycles. The van der Waals surface area contributed by atoms with Gasteiger partial charge in [-0.25, -0.2) is 0 Å². The summed E-state index contributed by atoms with van der Waals surface area (Å²) < 4.78 is 6.80. The van der Waals surface area contributed by atoms with Crippen LogP contribution in [0.25, 0.3) is 11.0 Å². The predicted molar refractivity (Wildman–Crippen MR) is 116 cm³/mol. The van der Waals surface area contributed by atoms with Crippen molar-refractivity contribution in [3.8, 4) is 0 Å². The number of para-hydroxylation sites is 1. The van der Waals surface area contributed by atoms with Crippen LogP contribution >= 0.6 is 15.9 Å². The number of carbonyl (C=O) groups is 1. The number of carbonyl (C=O) groups excluding carboxylic acids is 1. The van der Waals surface area contributed by atoms with Crippen LogP contribution in [0.3, 0.4) is 0 Å². The fraction of sp³-hybridized carbons (Fsp3) is 0.0833. The van der Waals surface area contributed by atoms with Crippen molar-refractivity contribution in [3.05, 3.63) is 110 Å². The quantitative estimate of drug-likeness (QED) is 0.402. The Morgan fingerprint density at radius 2 is 1.69 bits per heavy atom. The lowest BCUT2D eigenvalue weighted by Gasteiger charge is -2.25. The number of hydrogen-bond donors (Lipinski definition) is 0. The number of nitrogens with zero attached hydrogens (tertiary/aromatic N) is 1. The molecule has 1 aromatic heterocycles. The Bertz CT molecular complexity index is 1320. The van der Waals surface area contributed by atoms with E-state index >= 15 is 0 Å². The number of anilines is 1. The van der Waals surface area contributed by atoms with E-state index < -0.39 is 6.04 Å². The lowest BCUT2D eigenvalue weighted by atomic mass is 9.97. The van der Waals surface area contributed by atoms with E-state index in [2.05, 4.69) is 15.9 Å². The second-order valence-corrected chi connectivity index (χ2v) is 8.05. The van der Waals surface area contributed by atoms with Crippen molar-refractivity contribution in [2.75, 3.05) is 4.90 Å². The zero-order valence-electron chi connectivity index (χ0n) is 15.6. The molecule has 5 heteroatoms.